The number of piperazine rings is 1. The van der Waals surface area contributed by atoms with E-state index in [1.807, 2.05) is 34.9 Å². The van der Waals surface area contributed by atoms with Crippen molar-refractivity contribution in [1.29, 1.82) is 0 Å². The van der Waals surface area contributed by atoms with Crippen molar-refractivity contribution >= 4 is 28.5 Å². The minimum absolute atomic E-state index is 0.0233. The van der Waals surface area contributed by atoms with E-state index in [2.05, 4.69) is 15.2 Å². The average Bonchev–Trinajstić information content (AvgIpc) is 3.41. The number of nitrogens with one attached hydrogen (secondary N) is 1. The van der Waals surface area contributed by atoms with Gasteiger partial charge in [0, 0.05) is 74.9 Å². The number of morpholine rings is 1. The maximum absolute atomic E-state index is 15.1. The van der Waals surface area contributed by atoms with Crippen molar-refractivity contribution in [3.63, 3.8) is 0 Å². The number of fused-ring (bicyclic) bond motifs is 1. The second kappa shape index (κ2) is 12.7. The lowest BCUT2D eigenvalue weighted by atomic mass is 10.0. The molecule has 0 radical (unpaired) electrons. The molecular weight excluding hydrogens is 581 g/mol. The van der Waals surface area contributed by atoms with Crippen LogP contribution in [-0.4, -0.2) is 80.0 Å². The van der Waals surface area contributed by atoms with Crippen LogP contribution >= 0.6 is 0 Å². The fourth-order valence-corrected chi connectivity index (χ4v) is 5.83. The Morgan fingerprint density at radius 2 is 1.61 bits per heavy atom. The van der Waals surface area contributed by atoms with E-state index in [0.717, 1.165) is 16.9 Å². The first kappa shape index (κ1) is 30.3. The molecule has 6 rings (SSSR count). The van der Waals surface area contributed by atoms with Gasteiger partial charge in [0.05, 0.1) is 19.6 Å². The van der Waals surface area contributed by atoms with Gasteiger partial charge in [-0.2, -0.15) is 18.2 Å². The van der Waals surface area contributed by atoms with E-state index in [0.29, 0.717) is 74.7 Å². The molecule has 3 heterocycles. The zero-order valence-corrected chi connectivity index (χ0v) is 24.4. The SMILES string of the molecule is Cc1cc(Nc2nc3cccc(-c4cc(F)c(CN5CCOCC5)c(F)c4)c3o2)ccc1N1CCN(CCC(F)(F)F)CC1. The van der Waals surface area contributed by atoms with Gasteiger partial charge in [0.1, 0.15) is 17.2 Å². The van der Waals surface area contributed by atoms with Crippen molar-refractivity contribution in [2.75, 3.05) is 69.2 Å². The number of aromatic nitrogens is 1. The Morgan fingerprint density at radius 1 is 0.886 bits per heavy atom. The summed E-state index contributed by atoms with van der Waals surface area (Å²) in [5.41, 5.74) is 4.63. The van der Waals surface area contributed by atoms with E-state index < -0.39 is 24.2 Å². The lowest BCUT2D eigenvalue weighted by Gasteiger charge is -2.37. The number of halogens is 5. The zero-order chi connectivity index (χ0) is 30.8. The third-order valence-electron chi connectivity index (χ3n) is 8.22. The van der Waals surface area contributed by atoms with E-state index in [1.165, 1.54) is 12.1 Å². The number of rotatable bonds is 8. The van der Waals surface area contributed by atoms with Gasteiger partial charge in [0.15, 0.2) is 5.58 Å². The summed E-state index contributed by atoms with van der Waals surface area (Å²) in [4.78, 5) is 10.5. The number of alkyl halides is 3. The Hall–Kier alpha value is -3.74. The molecule has 0 atom stereocenters. The van der Waals surface area contributed by atoms with E-state index in [4.69, 9.17) is 9.15 Å². The maximum atomic E-state index is 15.1. The van der Waals surface area contributed by atoms with Crippen LogP contribution in [-0.2, 0) is 11.3 Å². The van der Waals surface area contributed by atoms with Gasteiger partial charge >= 0.3 is 6.18 Å². The summed E-state index contributed by atoms with van der Waals surface area (Å²) >= 11 is 0. The zero-order valence-electron chi connectivity index (χ0n) is 24.4. The molecule has 2 aliphatic rings. The summed E-state index contributed by atoms with van der Waals surface area (Å²) in [6, 6.07) is 14.0. The Balaban J connectivity index is 1.15. The topological polar surface area (TPSA) is 57.0 Å². The molecule has 234 valence electrons. The van der Waals surface area contributed by atoms with Gasteiger partial charge in [-0.15, -0.1) is 0 Å². The predicted molar refractivity (Wildman–Crippen MR) is 159 cm³/mol. The molecule has 2 aliphatic heterocycles. The van der Waals surface area contributed by atoms with Crippen molar-refractivity contribution in [3.05, 3.63) is 71.3 Å². The van der Waals surface area contributed by atoms with Crippen molar-refractivity contribution < 1.29 is 31.1 Å². The Morgan fingerprint density at radius 3 is 2.30 bits per heavy atom. The molecule has 2 saturated heterocycles. The first-order chi connectivity index (χ1) is 21.1. The standard InChI is InChI=1S/C32H34F5N5O2/c1-21-17-23(5-6-29(21)42-11-9-40(10-12-42)8-7-32(35,36)37)38-31-39-28-4-2-3-24(30(28)44-31)22-18-26(33)25(27(34)19-22)20-41-13-15-43-16-14-41/h2-6,17-19H,7-16,20H2,1H3,(H,38,39). The van der Waals surface area contributed by atoms with Gasteiger partial charge in [0.25, 0.3) is 6.01 Å². The first-order valence-electron chi connectivity index (χ1n) is 14.7. The summed E-state index contributed by atoms with van der Waals surface area (Å²) in [6.45, 7) is 6.97. The fraction of sp³-hybridized carbons (Fsp3) is 0.406. The van der Waals surface area contributed by atoms with Crippen LogP contribution < -0.4 is 10.2 Å². The monoisotopic (exact) mass is 615 g/mol. The van der Waals surface area contributed by atoms with Crippen LogP contribution in [0.3, 0.4) is 0 Å². The first-order valence-corrected chi connectivity index (χ1v) is 14.7. The molecule has 12 heteroatoms. The number of nitrogens with zero attached hydrogens (tertiary/aromatic N) is 4. The molecule has 1 aromatic heterocycles. The fourth-order valence-electron chi connectivity index (χ4n) is 5.83. The Kier molecular flexibility index (Phi) is 8.75. The van der Waals surface area contributed by atoms with Gasteiger partial charge in [-0.25, -0.2) is 8.78 Å². The van der Waals surface area contributed by atoms with Gasteiger partial charge < -0.3 is 19.4 Å². The molecule has 0 unspecified atom stereocenters. The highest BCUT2D eigenvalue weighted by atomic mass is 19.4. The number of benzene rings is 3. The third-order valence-corrected chi connectivity index (χ3v) is 8.22. The third kappa shape index (κ3) is 6.98. The lowest BCUT2D eigenvalue weighted by molar-refractivity contribution is -0.138. The molecule has 7 nitrogen and oxygen atoms in total. The van der Waals surface area contributed by atoms with E-state index in [9.17, 15) is 13.2 Å². The molecule has 0 saturated carbocycles. The quantitative estimate of drug-likeness (QED) is 0.221. The van der Waals surface area contributed by atoms with Crippen molar-refractivity contribution in [2.24, 2.45) is 0 Å². The number of ether oxygens (including phenoxy) is 1. The van der Waals surface area contributed by atoms with Crippen LogP contribution in [0.2, 0.25) is 0 Å². The highest BCUT2D eigenvalue weighted by molar-refractivity contribution is 5.91. The summed E-state index contributed by atoms with van der Waals surface area (Å²) < 4.78 is 79.4. The summed E-state index contributed by atoms with van der Waals surface area (Å²) in [7, 11) is 0. The second-order valence-corrected chi connectivity index (χ2v) is 11.3. The largest absolute Gasteiger partial charge is 0.423 e. The predicted octanol–water partition coefficient (Wildman–Crippen LogP) is 6.73. The maximum Gasteiger partial charge on any atom is 0.390 e. The number of oxazole rings is 1. The Bertz CT molecular complexity index is 1590. The molecular formula is C32H34F5N5O2. The van der Waals surface area contributed by atoms with Crippen LogP contribution in [0.4, 0.5) is 39.3 Å². The van der Waals surface area contributed by atoms with Gasteiger partial charge in [-0.05, 0) is 54.4 Å². The van der Waals surface area contributed by atoms with Gasteiger partial charge in [0.2, 0.25) is 0 Å². The van der Waals surface area contributed by atoms with Crippen LogP contribution in [0.1, 0.15) is 17.5 Å². The minimum atomic E-state index is -4.14. The summed E-state index contributed by atoms with van der Waals surface area (Å²) in [6.07, 6.45) is -4.93. The van der Waals surface area contributed by atoms with Crippen molar-refractivity contribution in [2.45, 2.75) is 26.1 Å². The van der Waals surface area contributed by atoms with E-state index >= 15 is 8.78 Å². The van der Waals surface area contributed by atoms with Crippen LogP contribution in [0, 0.1) is 18.6 Å². The van der Waals surface area contributed by atoms with Crippen molar-refractivity contribution in [1.82, 2.24) is 14.8 Å². The highest BCUT2D eigenvalue weighted by Gasteiger charge is 2.29. The molecule has 2 fully saturated rings. The minimum Gasteiger partial charge on any atom is -0.423 e. The highest BCUT2D eigenvalue weighted by Crippen LogP contribution is 2.34. The molecule has 0 spiro atoms. The average molecular weight is 616 g/mol. The molecule has 3 aromatic carbocycles. The van der Waals surface area contributed by atoms with E-state index in [1.54, 1.807) is 18.2 Å². The molecule has 4 aromatic rings. The van der Waals surface area contributed by atoms with Gasteiger partial charge in [-0.3, -0.25) is 9.80 Å². The number of anilines is 3. The number of aryl methyl sites for hydroxylation is 1. The molecule has 0 amide bonds. The smallest absolute Gasteiger partial charge is 0.390 e. The van der Waals surface area contributed by atoms with Crippen LogP contribution in [0.15, 0.2) is 52.9 Å². The van der Waals surface area contributed by atoms with Crippen LogP contribution in [0.5, 0.6) is 0 Å². The van der Waals surface area contributed by atoms with Crippen LogP contribution in [0.25, 0.3) is 22.2 Å². The summed E-state index contributed by atoms with van der Waals surface area (Å²) in [5, 5.41) is 3.18. The number of hydrogen-bond acceptors (Lipinski definition) is 7. The van der Waals surface area contributed by atoms with E-state index in [-0.39, 0.29) is 24.7 Å². The molecule has 44 heavy (non-hydrogen) atoms. The lowest BCUT2D eigenvalue weighted by Crippen LogP contribution is -2.47. The Labute approximate surface area is 252 Å². The summed E-state index contributed by atoms with van der Waals surface area (Å²) in [5.74, 6) is -1.22. The molecule has 1 N–H and O–H groups in total. The normalized spacial score (nSPS) is 17.0. The number of para-hydroxylation sites is 1. The molecule has 0 aliphatic carbocycles. The number of hydrogen-bond donors (Lipinski definition) is 1. The second-order valence-electron chi connectivity index (χ2n) is 11.3. The van der Waals surface area contributed by atoms with Crippen molar-refractivity contribution in [3.8, 4) is 11.1 Å². The van der Waals surface area contributed by atoms with Gasteiger partial charge in [-0.1, -0.05) is 12.1 Å². The molecule has 0 bridgehead atoms.